The van der Waals surface area contributed by atoms with Crippen molar-refractivity contribution < 1.29 is 23.8 Å². The van der Waals surface area contributed by atoms with Crippen molar-refractivity contribution in [1.82, 2.24) is 14.9 Å². The van der Waals surface area contributed by atoms with E-state index < -0.39 is 17.0 Å². The average molecular weight is 528 g/mol. The Morgan fingerprint density at radius 2 is 1.89 bits per heavy atom. The molecule has 3 rings (SSSR count). The Morgan fingerprint density at radius 1 is 1.16 bits per heavy atom. The van der Waals surface area contributed by atoms with Crippen LogP contribution in [0.25, 0.3) is 11.1 Å². The number of hydrogen-bond donors (Lipinski definition) is 3. The number of aryl methyl sites for hydroxylation is 1. The maximum absolute atomic E-state index is 15.2. The van der Waals surface area contributed by atoms with E-state index in [-0.39, 0.29) is 30.1 Å². The highest BCUT2D eigenvalue weighted by molar-refractivity contribution is 7.81. The number of amides is 1. The van der Waals surface area contributed by atoms with Crippen LogP contribution in [0, 0.1) is 11.7 Å². The highest BCUT2D eigenvalue weighted by Crippen LogP contribution is 2.28. The first-order valence-corrected chi connectivity index (χ1v) is 13.0. The monoisotopic (exact) mass is 527 g/mol. The van der Waals surface area contributed by atoms with Gasteiger partial charge in [0.15, 0.2) is 0 Å². The molecule has 1 heterocycles. The smallest absolute Gasteiger partial charge is 0.336 e. The van der Waals surface area contributed by atoms with Gasteiger partial charge in [0.25, 0.3) is 6.01 Å². The molecule has 0 radical (unpaired) electrons. The van der Waals surface area contributed by atoms with Crippen LogP contribution < -0.4 is 10.1 Å². The third-order valence-corrected chi connectivity index (χ3v) is 6.42. The van der Waals surface area contributed by atoms with Gasteiger partial charge in [-0.15, -0.1) is 0 Å². The number of carboxylic acids is 1. The minimum atomic E-state index is -1.12. The first kappa shape index (κ1) is 28.2. The lowest BCUT2D eigenvalue weighted by Gasteiger charge is -2.16. The highest BCUT2D eigenvalue weighted by atomic mass is 32.1. The van der Waals surface area contributed by atoms with Crippen LogP contribution in [-0.2, 0) is 24.3 Å². The summed E-state index contributed by atoms with van der Waals surface area (Å²) in [4.78, 5) is 28.8. The SMILES string of the molecule is CCOc1nc(CC)c(CNC(=O)[C@@H](S)CC(C)C)n1Cc1ccc(-c2ccccc2C(=O)O)c(F)c1. The molecule has 0 aliphatic heterocycles. The summed E-state index contributed by atoms with van der Waals surface area (Å²) in [6.45, 7) is 8.82. The number of benzene rings is 2. The number of ether oxygens (including phenoxy) is 1. The Labute approximate surface area is 222 Å². The molecule has 198 valence electrons. The summed E-state index contributed by atoms with van der Waals surface area (Å²) in [6, 6.07) is 11.5. The number of hydrogen-bond acceptors (Lipinski definition) is 5. The number of nitrogens with one attached hydrogen (secondary N) is 1. The summed E-state index contributed by atoms with van der Waals surface area (Å²) in [5, 5.41) is 12.0. The first-order valence-electron chi connectivity index (χ1n) is 12.4. The molecular weight excluding hydrogens is 493 g/mol. The largest absolute Gasteiger partial charge is 0.478 e. The van der Waals surface area contributed by atoms with E-state index >= 15 is 4.39 Å². The van der Waals surface area contributed by atoms with E-state index in [1.54, 1.807) is 30.3 Å². The molecule has 7 nitrogen and oxygen atoms in total. The normalized spacial score (nSPS) is 12.0. The lowest BCUT2D eigenvalue weighted by Crippen LogP contribution is -2.32. The number of carboxylic acid groups (broad SMARTS) is 1. The number of carbonyl (C=O) groups is 2. The fraction of sp³-hybridized carbons (Fsp3) is 0.393. The fourth-order valence-corrected chi connectivity index (χ4v) is 4.71. The number of nitrogens with zero attached hydrogens (tertiary/aromatic N) is 2. The van der Waals surface area contributed by atoms with Gasteiger partial charge in [-0.05, 0) is 48.9 Å². The molecular formula is C28H34FN3O4S. The summed E-state index contributed by atoms with van der Waals surface area (Å²) in [6.07, 6.45) is 1.30. The van der Waals surface area contributed by atoms with Crippen LogP contribution in [-0.4, -0.2) is 38.4 Å². The number of rotatable bonds is 12. The molecule has 2 N–H and O–H groups in total. The van der Waals surface area contributed by atoms with Gasteiger partial charge in [0.2, 0.25) is 5.91 Å². The fourth-order valence-electron chi connectivity index (χ4n) is 4.20. The van der Waals surface area contributed by atoms with Gasteiger partial charge in [0.05, 0.1) is 41.9 Å². The Kier molecular flexibility index (Phi) is 9.74. The van der Waals surface area contributed by atoms with Gasteiger partial charge >= 0.3 is 5.97 Å². The van der Waals surface area contributed by atoms with Crippen molar-refractivity contribution in [2.75, 3.05) is 6.61 Å². The standard InChI is InChI=1S/C28H34FN3O4S/c1-5-23-24(15-30-26(33)25(37)13-17(3)4)32(28(31-23)36-6-2)16-18-11-12-20(22(29)14-18)19-9-7-8-10-21(19)27(34)35/h7-12,14,17,25,37H,5-6,13,15-16H2,1-4H3,(H,30,33)(H,34,35)/t25-/m0/s1. The summed E-state index contributed by atoms with van der Waals surface area (Å²) in [7, 11) is 0. The molecule has 0 fully saturated rings. The summed E-state index contributed by atoms with van der Waals surface area (Å²) in [5.41, 5.74) is 2.78. The zero-order valence-electron chi connectivity index (χ0n) is 21.6. The van der Waals surface area contributed by atoms with Gasteiger partial charge in [-0.1, -0.05) is 51.1 Å². The number of carbonyl (C=O) groups excluding carboxylic acids is 1. The quantitative estimate of drug-likeness (QED) is 0.276. The number of halogens is 1. The Balaban J connectivity index is 1.92. The predicted molar refractivity (Wildman–Crippen MR) is 145 cm³/mol. The third kappa shape index (κ3) is 6.91. The van der Waals surface area contributed by atoms with Crippen LogP contribution in [0.5, 0.6) is 6.01 Å². The molecule has 0 saturated carbocycles. The second-order valence-corrected chi connectivity index (χ2v) is 9.81. The maximum Gasteiger partial charge on any atom is 0.336 e. The van der Waals surface area contributed by atoms with E-state index in [4.69, 9.17) is 4.74 Å². The van der Waals surface area contributed by atoms with Gasteiger partial charge in [-0.25, -0.2) is 9.18 Å². The molecule has 1 aromatic heterocycles. The predicted octanol–water partition coefficient (Wildman–Crippen LogP) is 5.36. The highest BCUT2D eigenvalue weighted by Gasteiger charge is 2.21. The molecule has 0 spiro atoms. The maximum atomic E-state index is 15.2. The average Bonchev–Trinajstić information content (AvgIpc) is 3.18. The zero-order valence-corrected chi connectivity index (χ0v) is 22.5. The third-order valence-electron chi connectivity index (χ3n) is 5.98. The van der Waals surface area contributed by atoms with Crippen molar-refractivity contribution in [2.24, 2.45) is 5.92 Å². The van der Waals surface area contributed by atoms with E-state index in [1.165, 1.54) is 12.1 Å². The van der Waals surface area contributed by atoms with Gasteiger partial charge in [0.1, 0.15) is 5.82 Å². The van der Waals surface area contributed by atoms with E-state index in [9.17, 15) is 14.7 Å². The summed E-state index contributed by atoms with van der Waals surface area (Å²) < 4.78 is 22.8. The minimum Gasteiger partial charge on any atom is -0.478 e. The molecule has 0 saturated heterocycles. The van der Waals surface area contributed by atoms with E-state index in [0.29, 0.717) is 42.5 Å². The van der Waals surface area contributed by atoms with Gasteiger partial charge in [-0.2, -0.15) is 17.6 Å². The van der Waals surface area contributed by atoms with Crippen LogP contribution in [0.15, 0.2) is 42.5 Å². The molecule has 37 heavy (non-hydrogen) atoms. The van der Waals surface area contributed by atoms with Crippen LogP contribution in [0.1, 0.15) is 61.4 Å². The molecule has 1 amide bonds. The summed E-state index contributed by atoms with van der Waals surface area (Å²) in [5.74, 6) is -1.46. The van der Waals surface area contributed by atoms with Crippen LogP contribution in [0.4, 0.5) is 4.39 Å². The molecule has 0 unspecified atom stereocenters. The van der Waals surface area contributed by atoms with Gasteiger partial charge in [0, 0.05) is 5.56 Å². The van der Waals surface area contributed by atoms with Crippen molar-refractivity contribution in [2.45, 2.75) is 58.9 Å². The summed E-state index contributed by atoms with van der Waals surface area (Å²) >= 11 is 4.44. The van der Waals surface area contributed by atoms with Crippen molar-refractivity contribution in [3.63, 3.8) is 0 Å². The molecule has 1 atom stereocenters. The van der Waals surface area contributed by atoms with E-state index in [1.807, 2.05) is 32.3 Å². The molecule has 3 aromatic rings. The Hall–Kier alpha value is -3.33. The molecule has 2 aromatic carbocycles. The van der Waals surface area contributed by atoms with Crippen molar-refractivity contribution in [3.8, 4) is 17.1 Å². The number of aromatic nitrogens is 2. The van der Waals surface area contributed by atoms with Gasteiger partial charge in [-0.3, -0.25) is 9.36 Å². The zero-order chi connectivity index (χ0) is 27.1. The van der Waals surface area contributed by atoms with Gasteiger partial charge < -0.3 is 15.2 Å². The second kappa shape index (κ2) is 12.8. The van der Waals surface area contributed by atoms with Crippen molar-refractivity contribution in [1.29, 1.82) is 0 Å². The number of thiol groups is 1. The molecule has 0 aliphatic carbocycles. The van der Waals surface area contributed by atoms with Crippen LogP contribution in [0.3, 0.4) is 0 Å². The van der Waals surface area contributed by atoms with Crippen LogP contribution >= 0.6 is 12.6 Å². The topological polar surface area (TPSA) is 93.5 Å². The van der Waals surface area contributed by atoms with E-state index in [0.717, 1.165) is 11.4 Å². The Morgan fingerprint density at radius 3 is 2.51 bits per heavy atom. The lowest BCUT2D eigenvalue weighted by atomic mass is 9.98. The minimum absolute atomic E-state index is 0.0352. The van der Waals surface area contributed by atoms with E-state index in [2.05, 4.69) is 22.9 Å². The second-order valence-electron chi connectivity index (χ2n) is 9.19. The lowest BCUT2D eigenvalue weighted by molar-refractivity contribution is -0.121. The first-order chi connectivity index (χ1) is 17.7. The van der Waals surface area contributed by atoms with Crippen molar-refractivity contribution in [3.05, 3.63) is 70.8 Å². The number of aromatic carboxylic acids is 1. The molecule has 9 heteroatoms. The van der Waals surface area contributed by atoms with Crippen molar-refractivity contribution >= 4 is 24.5 Å². The Bertz CT molecular complexity index is 1260. The molecule has 0 bridgehead atoms. The van der Waals surface area contributed by atoms with Crippen LogP contribution in [0.2, 0.25) is 0 Å². The number of imidazole rings is 1. The molecule has 0 aliphatic rings.